The molecule has 0 aliphatic rings. The number of hydrogen-bond acceptors (Lipinski definition) is 2. The molecule has 0 amide bonds. The minimum atomic E-state index is -0.953. The second-order valence-corrected chi connectivity index (χ2v) is 3.15. The Morgan fingerprint density at radius 2 is 2.08 bits per heavy atom. The molecule has 0 radical (unpaired) electrons. The van der Waals surface area contributed by atoms with Crippen molar-refractivity contribution in [2.24, 2.45) is 5.73 Å². The van der Waals surface area contributed by atoms with Crippen molar-refractivity contribution in [3.05, 3.63) is 35.6 Å². The molecule has 0 bridgehead atoms. The molecule has 0 aromatic heterocycles. The van der Waals surface area contributed by atoms with Gasteiger partial charge < -0.3 is 10.8 Å². The lowest BCUT2D eigenvalue weighted by atomic mass is 9.89. The van der Waals surface area contributed by atoms with Crippen molar-refractivity contribution in [3.63, 3.8) is 0 Å². The molecule has 1 rings (SSSR count). The van der Waals surface area contributed by atoms with Gasteiger partial charge in [-0.25, -0.2) is 4.39 Å². The van der Waals surface area contributed by atoms with Gasteiger partial charge in [0.1, 0.15) is 5.82 Å². The van der Waals surface area contributed by atoms with Gasteiger partial charge in [0.25, 0.3) is 0 Å². The lowest BCUT2D eigenvalue weighted by Crippen LogP contribution is -2.40. The third-order valence-electron chi connectivity index (χ3n) is 2.32. The third kappa shape index (κ3) is 1.87. The van der Waals surface area contributed by atoms with Crippen LogP contribution >= 0.6 is 0 Å². The summed E-state index contributed by atoms with van der Waals surface area (Å²) in [6.45, 7) is 1.58. The van der Waals surface area contributed by atoms with Crippen LogP contribution in [0.4, 0.5) is 4.39 Å². The van der Waals surface area contributed by atoms with Gasteiger partial charge >= 0.3 is 0 Å². The van der Waals surface area contributed by atoms with E-state index in [2.05, 4.69) is 0 Å². The molecule has 72 valence electrons. The van der Waals surface area contributed by atoms with Crippen molar-refractivity contribution in [1.82, 2.24) is 0 Å². The largest absolute Gasteiger partial charge is 0.394 e. The van der Waals surface area contributed by atoms with Crippen molar-refractivity contribution >= 4 is 0 Å². The Balaban J connectivity index is 3.12. The topological polar surface area (TPSA) is 46.2 Å². The molecule has 3 heteroatoms. The number of aliphatic hydroxyl groups is 1. The number of hydrogen-bond donors (Lipinski definition) is 2. The number of aliphatic hydroxyl groups excluding tert-OH is 1. The van der Waals surface area contributed by atoms with E-state index in [-0.39, 0.29) is 12.4 Å². The van der Waals surface area contributed by atoms with E-state index in [1.807, 2.05) is 6.92 Å². The van der Waals surface area contributed by atoms with Crippen LogP contribution in [0.15, 0.2) is 24.3 Å². The standard InChI is InChI=1S/C10H14FNO/c1-2-10(12,7-13)8-5-3-4-6-9(8)11/h3-6,13H,2,7,12H2,1H3. The van der Waals surface area contributed by atoms with Crippen LogP contribution in [0.1, 0.15) is 18.9 Å². The zero-order valence-electron chi connectivity index (χ0n) is 7.63. The van der Waals surface area contributed by atoms with Gasteiger partial charge in [-0.1, -0.05) is 25.1 Å². The van der Waals surface area contributed by atoms with Crippen LogP contribution < -0.4 is 5.73 Å². The molecular formula is C10H14FNO. The van der Waals surface area contributed by atoms with Crippen LogP contribution in [0.3, 0.4) is 0 Å². The minimum Gasteiger partial charge on any atom is -0.394 e. The molecule has 0 aliphatic heterocycles. The fourth-order valence-corrected chi connectivity index (χ4v) is 1.25. The van der Waals surface area contributed by atoms with Gasteiger partial charge in [-0.15, -0.1) is 0 Å². The zero-order valence-corrected chi connectivity index (χ0v) is 7.63. The van der Waals surface area contributed by atoms with Crippen molar-refractivity contribution in [3.8, 4) is 0 Å². The van der Waals surface area contributed by atoms with E-state index >= 15 is 0 Å². The molecule has 1 atom stereocenters. The number of rotatable bonds is 3. The summed E-state index contributed by atoms with van der Waals surface area (Å²) >= 11 is 0. The van der Waals surface area contributed by atoms with Gasteiger partial charge in [-0.3, -0.25) is 0 Å². The predicted molar refractivity (Wildman–Crippen MR) is 49.6 cm³/mol. The van der Waals surface area contributed by atoms with E-state index < -0.39 is 5.54 Å². The van der Waals surface area contributed by atoms with Crippen LogP contribution in [-0.2, 0) is 5.54 Å². The molecule has 1 aromatic carbocycles. The molecule has 13 heavy (non-hydrogen) atoms. The van der Waals surface area contributed by atoms with Crippen LogP contribution in [0.2, 0.25) is 0 Å². The summed E-state index contributed by atoms with van der Waals surface area (Å²) in [7, 11) is 0. The molecular weight excluding hydrogens is 169 g/mol. The SMILES string of the molecule is CCC(N)(CO)c1ccccc1F. The average molecular weight is 183 g/mol. The Bertz CT molecular complexity index is 284. The number of halogens is 1. The predicted octanol–water partition coefficient (Wildman–Crippen LogP) is 1.38. The first kappa shape index (κ1) is 10.2. The lowest BCUT2D eigenvalue weighted by molar-refractivity contribution is 0.188. The van der Waals surface area contributed by atoms with Gasteiger partial charge in [0.2, 0.25) is 0 Å². The molecule has 0 fully saturated rings. The number of benzene rings is 1. The quantitative estimate of drug-likeness (QED) is 0.743. The van der Waals surface area contributed by atoms with Gasteiger partial charge in [-0.2, -0.15) is 0 Å². The normalized spacial score (nSPS) is 15.4. The van der Waals surface area contributed by atoms with Crippen LogP contribution in [0.25, 0.3) is 0 Å². The van der Waals surface area contributed by atoms with E-state index in [4.69, 9.17) is 10.8 Å². The number of nitrogens with two attached hydrogens (primary N) is 1. The maximum Gasteiger partial charge on any atom is 0.128 e. The molecule has 1 aromatic rings. The summed E-state index contributed by atoms with van der Waals surface area (Å²) in [6, 6.07) is 6.27. The van der Waals surface area contributed by atoms with Crippen LogP contribution in [-0.4, -0.2) is 11.7 Å². The van der Waals surface area contributed by atoms with Crippen molar-refractivity contribution in [2.75, 3.05) is 6.61 Å². The van der Waals surface area contributed by atoms with E-state index in [9.17, 15) is 4.39 Å². The second kappa shape index (κ2) is 3.85. The molecule has 0 aliphatic carbocycles. The van der Waals surface area contributed by atoms with E-state index in [0.717, 1.165) is 0 Å². The lowest BCUT2D eigenvalue weighted by Gasteiger charge is -2.26. The first-order valence-corrected chi connectivity index (χ1v) is 4.29. The average Bonchev–Trinajstić information content (AvgIpc) is 2.17. The fourth-order valence-electron chi connectivity index (χ4n) is 1.25. The summed E-state index contributed by atoms with van der Waals surface area (Å²) in [5.74, 6) is -0.360. The summed E-state index contributed by atoms with van der Waals surface area (Å²) in [5, 5.41) is 9.07. The third-order valence-corrected chi connectivity index (χ3v) is 2.32. The highest BCUT2D eigenvalue weighted by molar-refractivity contribution is 5.25. The highest BCUT2D eigenvalue weighted by atomic mass is 19.1. The summed E-state index contributed by atoms with van der Waals surface area (Å²) in [4.78, 5) is 0. The Labute approximate surface area is 77.2 Å². The maximum absolute atomic E-state index is 13.3. The summed E-state index contributed by atoms with van der Waals surface area (Å²) in [5.41, 5.74) is 5.25. The molecule has 0 heterocycles. The van der Waals surface area contributed by atoms with Gasteiger partial charge in [0.15, 0.2) is 0 Å². The maximum atomic E-state index is 13.3. The Hall–Kier alpha value is -0.930. The Morgan fingerprint density at radius 3 is 2.54 bits per heavy atom. The fraction of sp³-hybridized carbons (Fsp3) is 0.400. The summed E-state index contributed by atoms with van der Waals surface area (Å²) in [6.07, 6.45) is 0.504. The van der Waals surface area contributed by atoms with Crippen molar-refractivity contribution in [2.45, 2.75) is 18.9 Å². The Morgan fingerprint density at radius 1 is 1.46 bits per heavy atom. The zero-order chi connectivity index (χ0) is 9.90. The smallest absolute Gasteiger partial charge is 0.128 e. The molecule has 3 N–H and O–H groups in total. The van der Waals surface area contributed by atoms with Crippen LogP contribution in [0.5, 0.6) is 0 Å². The van der Waals surface area contributed by atoms with Gasteiger partial charge in [0, 0.05) is 5.56 Å². The highest BCUT2D eigenvalue weighted by Crippen LogP contribution is 2.23. The summed E-state index contributed by atoms with van der Waals surface area (Å²) < 4.78 is 13.3. The van der Waals surface area contributed by atoms with Crippen molar-refractivity contribution in [1.29, 1.82) is 0 Å². The van der Waals surface area contributed by atoms with E-state index in [0.29, 0.717) is 12.0 Å². The van der Waals surface area contributed by atoms with Gasteiger partial charge in [0.05, 0.1) is 12.1 Å². The Kier molecular flexibility index (Phi) is 3.01. The first-order chi connectivity index (χ1) is 6.14. The second-order valence-electron chi connectivity index (χ2n) is 3.15. The monoisotopic (exact) mass is 183 g/mol. The van der Waals surface area contributed by atoms with E-state index in [1.54, 1.807) is 18.2 Å². The van der Waals surface area contributed by atoms with E-state index in [1.165, 1.54) is 6.07 Å². The molecule has 0 spiro atoms. The minimum absolute atomic E-state index is 0.246. The molecule has 0 saturated carbocycles. The molecule has 1 unspecified atom stereocenters. The van der Waals surface area contributed by atoms with Crippen LogP contribution in [0, 0.1) is 5.82 Å². The highest BCUT2D eigenvalue weighted by Gasteiger charge is 2.26. The van der Waals surface area contributed by atoms with Crippen molar-refractivity contribution < 1.29 is 9.50 Å². The molecule has 0 saturated heterocycles. The van der Waals surface area contributed by atoms with Gasteiger partial charge in [-0.05, 0) is 12.5 Å². The first-order valence-electron chi connectivity index (χ1n) is 4.29. The molecule has 2 nitrogen and oxygen atoms in total.